The molecule has 0 radical (unpaired) electrons. The van der Waals surface area contributed by atoms with Crippen LogP contribution in [0.3, 0.4) is 0 Å². The summed E-state index contributed by atoms with van der Waals surface area (Å²) in [5, 5.41) is 0.0660. The average molecular weight is 399 g/mol. The number of benzene rings is 1. The summed E-state index contributed by atoms with van der Waals surface area (Å²) in [7, 11) is 0. The first-order chi connectivity index (χ1) is 10.7. The van der Waals surface area contributed by atoms with Gasteiger partial charge in [0.2, 0.25) is 5.43 Å². The van der Waals surface area contributed by atoms with Crippen molar-refractivity contribution in [2.45, 2.75) is 32.9 Å². The smallest absolute Gasteiger partial charge is 0.345 e. The van der Waals surface area contributed by atoms with E-state index in [4.69, 9.17) is 16.3 Å². The van der Waals surface area contributed by atoms with E-state index in [1.165, 1.54) is 0 Å². The molecular weight excluding hydrogens is 382 g/mol. The molecule has 0 bridgehead atoms. The van der Waals surface area contributed by atoms with Crippen molar-refractivity contribution in [2.24, 2.45) is 0 Å². The standard InChI is InChI=1S/C17H17BrClNO3/c1-17(2,3)23-16(22)13-14(21)12(18)10-20(15(13)19)9-11-7-5-4-6-8-11/h4-8,10H,9H2,1-3H3. The number of aromatic nitrogens is 1. The lowest BCUT2D eigenvalue weighted by atomic mass is 10.2. The maximum absolute atomic E-state index is 12.3. The Bertz CT molecular complexity index is 779. The summed E-state index contributed by atoms with van der Waals surface area (Å²) in [6.45, 7) is 5.65. The zero-order valence-corrected chi connectivity index (χ0v) is 15.4. The molecule has 0 spiro atoms. The Labute approximate surface area is 148 Å². The molecule has 0 atom stereocenters. The maximum Gasteiger partial charge on any atom is 0.345 e. The van der Waals surface area contributed by atoms with Gasteiger partial charge in [-0.1, -0.05) is 41.9 Å². The third kappa shape index (κ3) is 4.45. The van der Waals surface area contributed by atoms with Crippen molar-refractivity contribution in [3.8, 4) is 0 Å². The van der Waals surface area contributed by atoms with Gasteiger partial charge in [-0.05, 0) is 42.3 Å². The average Bonchev–Trinajstić information content (AvgIpc) is 2.44. The van der Waals surface area contributed by atoms with Gasteiger partial charge in [-0.15, -0.1) is 0 Å². The first-order valence-electron chi connectivity index (χ1n) is 7.05. The Balaban J connectivity index is 2.47. The first-order valence-corrected chi connectivity index (χ1v) is 8.22. The summed E-state index contributed by atoms with van der Waals surface area (Å²) in [6, 6.07) is 9.62. The molecule has 23 heavy (non-hydrogen) atoms. The van der Waals surface area contributed by atoms with Crippen molar-refractivity contribution < 1.29 is 9.53 Å². The summed E-state index contributed by atoms with van der Waals surface area (Å²) in [4.78, 5) is 24.6. The van der Waals surface area contributed by atoms with Gasteiger partial charge in [-0.25, -0.2) is 4.79 Å². The molecule has 2 aromatic rings. The third-order valence-corrected chi connectivity index (χ3v) is 3.94. The molecule has 1 heterocycles. The summed E-state index contributed by atoms with van der Waals surface area (Å²) >= 11 is 9.49. The number of hydrogen-bond donors (Lipinski definition) is 0. The summed E-state index contributed by atoms with van der Waals surface area (Å²) < 4.78 is 7.19. The van der Waals surface area contributed by atoms with E-state index in [0.29, 0.717) is 6.54 Å². The molecule has 0 fully saturated rings. The largest absolute Gasteiger partial charge is 0.456 e. The van der Waals surface area contributed by atoms with Crippen LogP contribution in [-0.2, 0) is 11.3 Å². The predicted molar refractivity (Wildman–Crippen MR) is 94.1 cm³/mol. The van der Waals surface area contributed by atoms with E-state index in [-0.39, 0.29) is 15.2 Å². The second kappa shape index (κ2) is 6.89. The van der Waals surface area contributed by atoms with Crippen molar-refractivity contribution in [3.05, 3.63) is 67.5 Å². The zero-order valence-electron chi connectivity index (χ0n) is 13.1. The van der Waals surface area contributed by atoms with Crippen LogP contribution in [-0.4, -0.2) is 16.1 Å². The molecule has 1 aromatic carbocycles. The number of pyridine rings is 1. The molecule has 2 rings (SSSR count). The van der Waals surface area contributed by atoms with E-state index in [1.807, 2.05) is 30.3 Å². The highest BCUT2D eigenvalue weighted by molar-refractivity contribution is 9.10. The lowest BCUT2D eigenvalue weighted by Gasteiger charge is -2.20. The molecule has 122 valence electrons. The van der Waals surface area contributed by atoms with Gasteiger partial charge in [-0.2, -0.15) is 0 Å². The minimum absolute atomic E-state index is 0.0660. The van der Waals surface area contributed by atoms with E-state index in [2.05, 4.69) is 15.9 Å². The van der Waals surface area contributed by atoms with E-state index in [1.54, 1.807) is 31.5 Å². The second-order valence-corrected chi connectivity index (χ2v) is 7.30. The number of ether oxygens (including phenoxy) is 1. The fourth-order valence-corrected chi connectivity index (χ4v) is 2.73. The number of hydrogen-bond acceptors (Lipinski definition) is 3. The summed E-state index contributed by atoms with van der Waals surface area (Å²) in [6.07, 6.45) is 1.57. The van der Waals surface area contributed by atoms with Crippen LogP contribution < -0.4 is 5.43 Å². The SMILES string of the molecule is CC(C)(C)OC(=O)c1c(Cl)n(Cc2ccccc2)cc(Br)c1=O. The Morgan fingerprint density at radius 2 is 1.87 bits per heavy atom. The number of esters is 1. The van der Waals surface area contributed by atoms with Crippen LogP contribution in [0.25, 0.3) is 0 Å². The molecule has 1 aromatic heterocycles. The highest BCUT2D eigenvalue weighted by atomic mass is 79.9. The van der Waals surface area contributed by atoms with Crippen LogP contribution in [0.5, 0.6) is 0 Å². The Morgan fingerprint density at radius 1 is 1.26 bits per heavy atom. The van der Waals surface area contributed by atoms with Gasteiger partial charge in [0.25, 0.3) is 0 Å². The van der Waals surface area contributed by atoms with Gasteiger partial charge in [0, 0.05) is 12.7 Å². The highest BCUT2D eigenvalue weighted by Gasteiger charge is 2.25. The van der Waals surface area contributed by atoms with Crippen LogP contribution in [0, 0.1) is 0 Å². The van der Waals surface area contributed by atoms with Crippen molar-refractivity contribution in [3.63, 3.8) is 0 Å². The fraction of sp³-hybridized carbons (Fsp3) is 0.294. The topological polar surface area (TPSA) is 48.3 Å². The van der Waals surface area contributed by atoms with Gasteiger partial charge < -0.3 is 9.30 Å². The molecule has 0 saturated carbocycles. The quantitative estimate of drug-likeness (QED) is 0.573. The molecule has 0 unspecified atom stereocenters. The number of carbonyl (C=O) groups is 1. The van der Waals surface area contributed by atoms with Gasteiger partial charge >= 0.3 is 5.97 Å². The molecule has 4 nitrogen and oxygen atoms in total. The molecule has 0 saturated heterocycles. The lowest BCUT2D eigenvalue weighted by Crippen LogP contribution is -2.29. The number of nitrogens with zero attached hydrogens (tertiary/aromatic N) is 1. The van der Waals surface area contributed by atoms with E-state index in [9.17, 15) is 9.59 Å². The molecule has 0 aliphatic rings. The lowest BCUT2D eigenvalue weighted by molar-refractivity contribution is 0.00672. The Morgan fingerprint density at radius 3 is 2.43 bits per heavy atom. The zero-order chi connectivity index (χ0) is 17.2. The molecule has 0 aliphatic heterocycles. The second-order valence-electron chi connectivity index (χ2n) is 6.09. The van der Waals surface area contributed by atoms with Crippen LogP contribution in [0.2, 0.25) is 5.15 Å². The van der Waals surface area contributed by atoms with Gasteiger partial charge in [0.05, 0.1) is 4.47 Å². The van der Waals surface area contributed by atoms with E-state index >= 15 is 0 Å². The van der Waals surface area contributed by atoms with Crippen molar-refractivity contribution in [1.82, 2.24) is 4.57 Å². The monoisotopic (exact) mass is 397 g/mol. The first kappa shape index (κ1) is 17.8. The van der Waals surface area contributed by atoms with Gasteiger partial charge in [0.15, 0.2) is 0 Å². The Kier molecular flexibility index (Phi) is 5.32. The number of halogens is 2. The number of carbonyl (C=O) groups excluding carboxylic acids is 1. The van der Waals surface area contributed by atoms with Crippen LogP contribution in [0.4, 0.5) is 0 Å². The van der Waals surface area contributed by atoms with Gasteiger partial charge in [0.1, 0.15) is 16.3 Å². The van der Waals surface area contributed by atoms with Crippen LogP contribution in [0.15, 0.2) is 45.8 Å². The summed E-state index contributed by atoms with van der Waals surface area (Å²) in [5.41, 5.74) is -0.347. The van der Waals surface area contributed by atoms with Crippen molar-refractivity contribution >= 4 is 33.5 Å². The maximum atomic E-state index is 12.3. The van der Waals surface area contributed by atoms with Crippen LogP contribution in [0.1, 0.15) is 36.7 Å². The minimum Gasteiger partial charge on any atom is -0.456 e. The minimum atomic E-state index is -0.726. The summed E-state index contributed by atoms with van der Waals surface area (Å²) in [5.74, 6) is -0.726. The fourth-order valence-electron chi connectivity index (χ4n) is 2.01. The molecular formula is C17H17BrClNO3. The number of rotatable bonds is 3. The van der Waals surface area contributed by atoms with E-state index < -0.39 is 17.0 Å². The normalized spacial score (nSPS) is 11.3. The van der Waals surface area contributed by atoms with Crippen LogP contribution >= 0.6 is 27.5 Å². The van der Waals surface area contributed by atoms with Gasteiger partial charge in [-0.3, -0.25) is 4.79 Å². The van der Waals surface area contributed by atoms with Crippen molar-refractivity contribution in [2.75, 3.05) is 0 Å². The molecule has 0 amide bonds. The van der Waals surface area contributed by atoms with E-state index in [0.717, 1.165) is 5.56 Å². The Hall–Kier alpha value is -1.59. The molecule has 0 aliphatic carbocycles. The third-order valence-electron chi connectivity index (χ3n) is 2.97. The predicted octanol–water partition coefficient (Wildman–Crippen LogP) is 4.27. The molecule has 6 heteroatoms. The van der Waals surface area contributed by atoms with Crippen molar-refractivity contribution in [1.29, 1.82) is 0 Å². The highest BCUT2D eigenvalue weighted by Crippen LogP contribution is 2.21. The molecule has 0 N–H and O–H groups in total.